The van der Waals surface area contributed by atoms with Crippen LogP contribution < -0.4 is 15.8 Å². The topological polar surface area (TPSA) is 72.5 Å². The van der Waals surface area contributed by atoms with Gasteiger partial charge in [-0.15, -0.1) is 0 Å². The highest BCUT2D eigenvalue weighted by molar-refractivity contribution is 6.02. The van der Waals surface area contributed by atoms with Crippen LogP contribution >= 0.6 is 0 Å². The number of pyridine rings is 1. The number of nitrogens with two attached hydrogens (primary N) is 1. The number of hydrogen-bond donors (Lipinski definition) is 2. The van der Waals surface area contributed by atoms with E-state index in [1.807, 2.05) is 36.4 Å². The summed E-state index contributed by atoms with van der Waals surface area (Å²) < 4.78 is 5.97. The Hall–Kier alpha value is -2.56. The number of hydrogen-bond acceptors (Lipinski definition) is 4. The van der Waals surface area contributed by atoms with Crippen LogP contribution in [-0.2, 0) is 6.54 Å². The summed E-state index contributed by atoms with van der Waals surface area (Å²) in [4.78, 5) is 8.89. The molecule has 0 saturated heterocycles. The van der Waals surface area contributed by atoms with Gasteiger partial charge in [-0.3, -0.25) is 9.98 Å². The predicted octanol–water partition coefficient (Wildman–Crippen LogP) is 2.85. The van der Waals surface area contributed by atoms with Crippen molar-refractivity contribution in [1.82, 2.24) is 4.98 Å². The SMILES string of the molecule is CCC1Oc2cc(N)ccc2NC1=NCc1ccccn1. The number of aromatic nitrogens is 1. The van der Waals surface area contributed by atoms with E-state index in [0.29, 0.717) is 12.2 Å². The maximum atomic E-state index is 5.97. The van der Waals surface area contributed by atoms with Gasteiger partial charge in [-0.1, -0.05) is 13.0 Å². The molecule has 21 heavy (non-hydrogen) atoms. The lowest BCUT2D eigenvalue weighted by atomic mass is 10.1. The zero-order valence-corrected chi connectivity index (χ0v) is 11.9. The molecule has 0 radical (unpaired) electrons. The fraction of sp³-hybridized carbons (Fsp3) is 0.250. The van der Waals surface area contributed by atoms with Gasteiger partial charge in [0.15, 0.2) is 6.10 Å². The molecule has 1 atom stereocenters. The Labute approximate surface area is 123 Å². The fourth-order valence-electron chi connectivity index (χ4n) is 2.24. The number of benzene rings is 1. The van der Waals surface area contributed by atoms with Crippen LogP contribution in [-0.4, -0.2) is 16.9 Å². The van der Waals surface area contributed by atoms with E-state index in [2.05, 4.69) is 22.2 Å². The molecule has 0 amide bonds. The molecule has 1 aliphatic heterocycles. The molecule has 1 unspecified atom stereocenters. The minimum absolute atomic E-state index is 0.0805. The molecule has 2 aromatic rings. The minimum atomic E-state index is -0.0805. The highest BCUT2D eigenvalue weighted by Crippen LogP contribution is 2.32. The summed E-state index contributed by atoms with van der Waals surface area (Å²) in [7, 11) is 0. The molecular weight excluding hydrogens is 264 g/mol. The van der Waals surface area contributed by atoms with Crippen LogP contribution in [0.4, 0.5) is 11.4 Å². The number of nitrogen functional groups attached to an aromatic ring is 1. The summed E-state index contributed by atoms with van der Waals surface area (Å²) in [5.41, 5.74) is 8.32. The number of ether oxygens (including phenoxy) is 1. The van der Waals surface area contributed by atoms with Crippen LogP contribution in [0.25, 0.3) is 0 Å². The van der Waals surface area contributed by atoms with E-state index in [-0.39, 0.29) is 6.10 Å². The predicted molar refractivity (Wildman–Crippen MR) is 84.6 cm³/mol. The number of nitrogens with zero attached hydrogens (tertiary/aromatic N) is 2. The number of anilines is 2. The van der Waals surface area contributed by atoms with Gasteiger partial charge >= 0.3 is 0 Å². The first-order valence-electron chi connectivity index (χ1n) is 7.03. The van der Waals surface area contributed by atoms with Crippen LogP contribution in [0, 0.1) is 0 Å². The molecule has 3 N–H and O–H groups in total. The number of nitrogens with one attached hydrogen (secondary N) is 1. The quantitative estimate of drug-likeness (QED) is 0.849. The van der Waals surface area contributed by atoms with Crippen molar-refractivity contribution >= 4 is 17.2 Å². The lowest BCUT2D eigenvalue weighted by Gasteiger charge is -2.28. The lowest BCUT2D eigenvalue weighted by Crippen LogP contribution is -2.36. The minimum Gasteiger partial charge on any atom is -0.480 e. The van der Waals surface area contributed by atoms with Gasteiger partial charge in [0.2, 0.25) is 0 Å². The largest absolute Gasteiger partial charge is 0.480 e. The lowest BCUT2D eigenvalue weighted by molar-refractivity contribution is 0.258. The number of aliphatic imine (C=N–C) groups is 1. The summed E-state index contributed by atoms with van der Waals surface area (Å²) in [6.07, 6.45) is 2.53. The molecule has 1 aliphatic rings. The summed E-state index contributed by atoms with van der Waals surface area (Å²) in [6, 6.07) is 11.4. The highest BCUT2D eigenvalue weighted by atomic mass is 16.5. The first kappa shape index (κ1) is 13.4. The third kappa shape index (κ3) is 2.97. The van der Waals surface area contributed by atoms with Crippen molar-refractivity contribution in [2.75, 3.05) is 11.1 Å². The van der Waals surface area contributed by atoms with Gasteiger partial charge in [-0.2, -0.15) is 0 Å². The average molecular weight is 282 g/mol. The smallest absolute Gasteiger partial charge is 0.155 e. The van der Waals surface area contributed by atoms with Gasteiger partial charge in [0.1, 0.15) is 11.6 Å². The first-order chi connectivity index (χ1) is 10.3. The molecule has 2 heterocycles. The number of amidine groups is 1. The Morgan fingerprint density at radius 1 is 1.33 bits per heavy atom. The molecular formula is C16H18N4O. The molecule has 0 spiro atoms. The molecule has 0 bridgehead atoms. The molecule has 1 aromatic carbocycles. The van der Waals surface area contributed by atoms with Crippen molar-refractivity contribution in [2.24, 2.45) is 4.99 Å². The fourth-order valence-corrected chi connectivity index (χ4v) is 2.24. The third-order valence-corrected chi connectivity index (χ3v) is 3.35. The molecule has 5 nitrogen and oxygen atoms in total. The molecule has 0 saturated carbocycles. The van der Waals surface area contributed by atoms with E-state index in [0.717, 1.165) is 29.4 Å². The van der Waals surface area contributed by atoms with Crippen molar-refractivity contribution in [3.63, 3.8) is 0 Å². The zero-order chi connectivity index (χ0) is 14.7. The second-order valence-electron chi connectivity index (χ2n) is 4.92. The molecule has 1 aromatic heterocycles. The number of rotatable bonds is 3. The van der Waals surface area contributed by atoms with E-state index in [9.17, 15) is 0 Å². The summed E-state index contributed by atoms with van der Waals surface area (Å²) >= 11 is 0. The molecule has 0 fully saturated rings. The van der Waals surface area contributed by atoms with Gasteiger partial charge in [0.25, 0.3) is 0 Å². The van der Waals surface area contributed by atoms with E-state index in [4.69, 9.17) is 10.5 Å². The Bertz CT molecular complexity index is 655. The van der Waals surface area contributed by atoms with Crippen molar-refractivity contribution in [3.05, 3.63) is 48.3 Å². The monoisotopic (exact) mass is 282 g/mol. The van der Waals surface area contributed by atoms with Crippen LogP contribution in [0.15, 0.2) is 47.6 Å². The summed E-state index contributed by atoms with van der Waals surface area (Å²) in [5.74, 6) is 1.61. The second kappa shape index (κ2) is 5.83. The molecule has 108 valence electrons. The van der Waals surface area contributed by atoms with E-state index in [1.54, 1.807) is 6.20 Å². The van der Waals surface area contributed by atoms with Crippen molar-refractivity contribution < 1.29 is 4.74 Å². The van der Waals surface area contributed by atoms with Crippen molar-refractivity contribution in [3.8, 4) is 5.75 Å². The highest BCUT2D eigenvalue weighted by Gasteiger charge is 2.24. The summed E-state index contributed by atoms with van der Waals surface area (Å²) in [5, 5.41) is 3.34. The van der Waals surface area contributed by atoms with Crippen LogP contribution in [0.1, 0.15) is 19.0 Å². The van der Waals surface area contributed by atoms with E-state index in [1.165, 1.54) is 0 Å². The molecule has 3 rings (SSSR count). The van der Waals surface area contributed by atoms with Gasteiger partial charge in [0.05, 0.1) is 17.9 Å². The molecule has 0 aliphatic carbocycles. The second-order valence-corrected chi connectivity index (χ2v) is 4.92. The first-order valence-corrected chi connectivity index (χ1v) is 7.03. The zero-order valence-electron chi connectivity index (χ0n) is 11.9. The van der Waals surface area contributed by atoms with E-state index < -0.39 is 0 Å². The Morgan fingerprint density at radius 2 is 2.24 bits per heavy atom. The Kier molecular flexibility index (Phi) is 3.73. The standard InChI is InChI=1S/C16H18N4O/c1-2-14-16(19-10-12-5-3-4-8-18-12)20-13-7-6-11(17)9-15(13)21-14/h3-9,14H,2,10,17H2,1H3,(H,19,20). The van der Waals surface area contributed by atoms with Gasteiger partial charge in [-0.05, 0) is 30.7 Å². The van der Waals surface area contributed by atoms with Crippen LogP contribution in [0.5, 0.6) is 5.75 Å². The normalized spacial score (nSPS) is 18.7. The van der Waals surface area contributed by atoms with Crippen LogP contribution in [0.2, 0.25) is 0 Å². The van der Waals surface area contributed by atoms with Gasteiger partial charge in [0, 0.05) is 18.0 Å². The van der Waals surface area contributed by atoms with Crippen LogP contribution in [0.3, 0.4) is 0 Å². The van der Waals surface area contributed by atoms with Gasteiger partial charge in [-0.25, -0.2) is 0 Å². The summed E-state index contributed by atoms with van der Waals surface area (Å²) in [6.45, 7) is 2.60. The third-order valence-electron chi connectivity index (χ3n) is 3.35. The van der Waals surface area contributed by atoms with E-state index >= 15 is 0 Å². The maximum Gasteiger partial charge on any atom is 0.155 e. The van der Waals surface area contributed by atoms with Crippen molar-refractivity contribution in [1.29, 1.82) is 0 Å². The number of fused-ring (bicyclic) bond motifs is 1. The Balaban J connectivity index is 1.83. The van der Waals surface area contributed by atoms with Crippen molar-refractivity contribution in [2.45, 2.75) is 26.0 Å². The molecule has 5 heteroatoms. The average Bonchev–Trinajstić information content (AvgIpc) is 2.53. The van der Waals surface area contributed by atoms with Gasteiger partial charge < -0.3 is 15.8 Å². The maximum absolute atomic E-state index is 5.97. The Morgan fingerprint density at radius 3 is 3.00 bits per heavy atom.